The maximum Gasteiger partial charge on any atom is 0.321 e. The normalized spacial score (nSPS) is 11.7. The first-order valence-electron chi connectivity index (χ1n) is 5.54. The van der Waals surface area contributed by atoms with Crippen LogP contribution in [0.5, 0.6) is 0 Å². The fraction of sp³-hybridized carbons (Fsp3) is 0.333. The third-order valence-corrected chi connectivity index (χ3v) is 3.24. The van der Waals surface area contributed by atoms with E-state index in [2.05, 4.69) is 10.6 Å². The average molecular weight is 270 g/mol. The van der Waals surface area contributed by atoms with Gasteiger partial charge in [-0.15, -0.1) is 11.8 Å². The SMILES string of the molecule is CCNC(=O)NC(=O)[C@@H](C)Sc1ccccc1F. The van der Waals surface area contributed by atoms with Gasteiger partial charge in [0.25, 0.3) is 0 Å². The predicted molar refractivity (Wildman–Crippen MR) is 68.9 cm³/mol. The summed E-state index contributed by atoms with van der Waals surface area (Å²) in [5.74, 6) is -0.825. The lowest BCUT2D eigenvalue weighted by molar-refractivity contribution is -0.119. The van der Waals surface area contributed by atoms with Crippen LogP contribution in [0.15, 0.2) is 29.2 Å². The van der Waals surface area contributed by atoms with Crippen molar-refractivity contribution in [2.24, 2.45) is 0 Å². The van der Waals surface area contributed by atoms with E-state index in [0.717, 1.165) is 11.8 Å². The number of rotatable bonds is 4. The number of hydrogen-bond donors (Lipinski definition) is 2. The second-order valence-electron chi connectivity index (χ2n) is 3.54. The van der Waals surface area contributed by atoms with Crippen LogP contribution in [0.1, 0.15) is 13.8 Å². The summed E-state index contributed by atoms with van der Waals surface area (Å²) in [4.78, 5) is 23.2. The maximum atomic E-state index is 13.4. The zero-order valence-corrected chi connectivity index (χ0v) is 11.0. The highest BCUT2D eigenvalue weighted by Gasteiger charge is 2.17. The van der Waals surface area contributed by atoms with Gasteiger partial charge in [0, 0.05) is 11.4 Å². The van der Waals surface area contributed by atoms with Crippen molar-refractivity contribution in [3.63, 3.8) is 0 Å². The summed E-state index contributed by atoms with van der Waals surface area (Å²) in [6.07, 6.45) is 0. The minimum Gasteiger partial charge on any atom is -0.338 e. The first kappa shape index (κ1) is 14.5. The summed E-state index contributed by atoms with van der Waals surface area (Å²) in [6.45, 7) is 3.81. The number of carbonyl (C=O) groups is 2. The number of hydrogen-bond acceptors (Lipinski definition) is 3. The Morgan fingerprint density at radius 1 is 1.39 bits per heavy atom. The second kappa shape index (κ2) is 7.00. The quantitative estimate of drug-likeness (QED) is 0.824. The Balaban J connectivity index is 2.55. The van der Waals surface area contributed by atoms with Crippen LogP contribution >= 0.6 is 11.8 Å². The summed E-state index contributed by atoms with van der Waals surface area (Å²) >= 11 is 1.07. The fourth-order valence-corrected chi connectivity index (χ4v) is 2.09. The standard InChI is InChI=1S/C12H15FN2O2S/c1-3-14-12(17)15-11(16)8(2)18-10-7-5-4-6-9(10)13/h4-8H,3H2,1-2H3,(H2,14,15,16,17)/t8-/m1/s1. The average Bonchev–Trinajstić information content (AvgIpc) is 2.32. The number of benzene rings is 1. The van der Waals surface area contributed by atoms with Gasteiger partial charge in [0.1, 0.15) is 5.82 Å². The fourth-order valence-electron chi connectivity index (χ4n) is 1.20. The van der Waals surface area contributed by atoms with Gasteiger partial charge in [0.2, 0.25) is 5.91 Å². The van der Waals surface area contributed by atoms with E-state index in [1.165, 1.54) is 6.07 Å². The van der Waals surface area contributed by atoms with Gasteiger partial charge in [0.05, 0.1) is 5.25 Å². The Labute approximate surface area is 109 Å². The van der Waals surface area contributed by atoms with E-state index in [4.69, 9.17) is 0 Å². The largest absolute Gasteiger partial charge is 0.338 e. The highest BCUT2D eigenvalue weighted by Crippen LogP contribution is 2.25. The minimum atomic E-state index is -0.551. The molecule has 0 aliphatic heterocycles. The molecule has 1 aromatic carbocycles. The first-order chi connectivity index (χ1) is 8.54. The molecule has 0 unspecified atom stereocenters. The molecule has 1 rings (SSSR count). The van der Waals surface area contributed by atoms with Crippen molar-refractivity contribution in [3.8, 4) is 0 Å². The number of carbonyl (C=O) groups excluding carboxylic acids is 2. The molecule has 0 saturated heterocycles. The van der Waals surface area contributed by atoms with Gasteiger partial charge >= 0.3 is 6.03 Å². The van der Waals surface area contributed by atoms with E-state index < -0.39 is 17.2 Å². The van der Waals surface area contributed by atoms with E-state index >= 15 is 0 Å². The highest BCUT2D eigenvalue weighted by atomic mass is 32.2. The van der Waals surface area contributed by atoms with Gasteiger partial charge in [-0.05, 0) is 26.0 Å². The molecule has 1 aromatic rings. The van der Waals surface area contributed by atoms with Gasteiger partial charge < -0.3 is 5.32 Å². The number of urea groups is 1. The number of imide groups is 1. The molecule has 0 spiro atoms. The number of halogens is 1. The van der Waals surface area contributed by atoms with Gasteiger partial charge in [-0.2, -0.15) is 0 Å². The summed E-state index contributed by atoms with van der Waals surface area (Å²) in [6, 6.07) is 5.66. The maximum absolute atomic E-state index is 13.4. The molecular weight excluding hydrogens is 255 g/mol. The van der Waals surface area contributed by atoms with Crippen LogP contribution in [0, 0.1) is 5.82 Å². The molecule has 0 aliphatic carbocycles. The predicted octanol–water partition coefficient (Wildman–Crippen LogP) is 2.15. The highest BCUT2D eigenvalue weighted by molar-refractivity contribution is 8.00. The Bertz CT molecular complexity index is 440. The Morgan fingerprint density at radius 3 is 2.67 bits per heavy atom. The van der Waals surface area contributed by atoms with Crippen LogP contribution in [0.4, 0.5) is 9.18 Å². The van der Waals surface area contributed by atoms with Gasteiger partial charge in [-0.25, -0.2) is 9.18 Å². The molecule has 2 N–H and O–H groups in total. The lowest BCUT2D eigenvalue weighted by Crippen LogP contribution is -2.42. The molecule has 1 atom stereocenters. The van der Waals surface area contributed by atoms with Crippen molar-refractivity contribution in [2.45, 2.75) is 24.0 Å². The van der Waals surface area contributed by atoms with E-state index in [9.17, 15) is 14.0 Å². The second-order valence-corrected chi connectivity index (χ2v) is 4.92. The number of thioether (sulfide) groups is 1. The number of nitrogens with one attached hydrogen (secondary N) is 2. The van der Waals surface area contributed by atoms with Crippen molar-refractivity contribution in [3.05, 3.63) is 30.1 Å². The Kier molecular flexibility index (Phi) is 5.64. The summed E-state index contributed by atoms with van der Waals surface area (Å²) < 4.78 is 13.4. The van der Waals surface area contributed by atoms with E-state index in [-0.39, 0.29) is 5.82 Å². The lowest BCUT2D eigenvalue weighted by atomic mass is 10.3. The topological polar surface area (TPSA) is 58.2 Å². The van der Waals surface area contributed by atoms with Crippen molar-refractivity contribution in [1.82, 2.24) is 10.6 Å². The summed E-state index contributed by atoms with van der Waals surface area (Å²) in [5.41, 5.74) is 0. The molecule has 98 valence electrons. The van der Waals surface area contributed by atoms with Crippen LogP contribution in [0.2, 0.25) is 0 Å². The minimum absolute atomic E-state index is 0.375. The molecule has 0 aliphatic rings. The molecule has 0 saturated carbocycles. The van der Waals surface area contributed by atoms with Crippen molar-refractivity contribution in [2.75, 3.05) is 6.54 Å². The number of amides is 3. The molecule has 6 heteroatoms. The monoisotopic (exact) mass is 270 g/mol. The van der Waals surface area contributed by atoms with Gasteiger partial charge in [0.15, 0.2) is 0 Å². The molecule has 0 bridgehead atoms. The van der Waals surface area contributed by atoms with Gasteiger partial charge in [-0.3, -0.25) is 10.1 Å². The first-order valence-corrected chi connectivity index (χ1v) is 6.42. The molecule has 0 aromatic heterocycles. The Morgan fingerprint density at radius 2 is 2.06 bits per heavy atom. The van der Waals surface area contributed by atoms with Crippen LogP contribution in [-0.4, -0.2) is 23.7 Å². The Hall–Kier alpha value is -1.56. The van der Waals surface area contributed by atoms with Gasteiger partial charge in [-0.1, -0.05) is 12.1 Å². The smallest absolute Gasteiger partial charge is 0.321 e. The summed E-state index contributed by atoms with van der Waals surface area (Å²) in [5, 5.41) is 4.09. The van der Waals surface area contributed by atoms with Crippen molar-refractivity contribution in [1.29, 1.82) is 0 Å². The molecule has 0 fully saturated rings. The van der Waals surface area contributed by atoms with Crippen LogP contribution in [0.3, 0.4) is 0 Å². The van der Waals surface area contributed by atoms with Crippen molar-refractivity contribution < 1.29 is 14.0 Å². The molecule has 4 nitrogen and oxygen atoms in total. The van der Waals surface area contributed by atoms with Crippen LogP contribution in [0.25, 0.3) is 0 Å². The molecule has 18 heavy (non-hydrogen) atoms. The zero-order valence-electron chi connectivity index (χ0n) is 10.2. The van der Waals surface area contributed by atoms with Crippen molar-refractivity contribution >= 4 is 23.7 Å². The zero-order chi connectivity index (χ0) is 13.5. The van der Waals surface area contributed by atoms with Crippen LogP contribution in [-0.2, 0) is 4.79 Å². The van der Waals surface area contributed by atoms with E-state index in [1.54, 1.807) is 32.0 Å². The third kappa shape index (κ3) is 4.37. The van der Waals surface area contributed by atoms with Crippen LogP contribution < -0.4 is 10.6 Å². The molecule has 0 radical (unpaired) electrons. The molecule has 3 amide bonds. The molecule has 0 heterocycles. The third-order valence-electron chi connectivity index (χ3n) is 2.08. The van der Waals surface area contributed by atoms with E-state index in [0.29, 0.717) is 11.4 Å². The summed E-state index contributed by atoms with van der Waals surface area (Å²) in [7, 11) is 0. The van der Waals surface area contributed by atoms with E-state index in [1.807, 2.05) is 0 Å². The molecular formula is C12H15FN2O2S. The lowest BCUT2D eigenvalue weighted by Gasteiger charge is -2.11.